The molecule has 0 spiro atoms. The van der Waals surface area contributed by atoms with Gasteiger partial charge in [0.15, 0.2) is 11.9 Å². The van der Waals surface area contributed by atoms with Gasteiger partial charge in [0.1, 0.15) is 0 Å². The molecule has 0 saturated heterocycles. The molecule has 0 aromatic heterocycles. The smallest absolute Gasteiger partial charge is 0.338 e. The Bertz CT molecular complexity index is 877. The standard InChI is InChI=1S/C20H22N2O6/c1-12(2)14-5-8-16(9-6-14)21-19(23)13(3)28-18-10-7-15(20(24)27-4)11-17(18)22(25)26/h5-13H,1-4H3,(H,21,23)/t13-/m1/s1. The van der Waals surface area contributed by atoms with Crippen LogP contribution in [0.3, 0.4) is 0 Å². The molecule has 28 heavy (non-hydrogen) atoms. The number of hydrogen-bond acceptors (Lipinski definition) is 6. The topological polar surface area (TPSA) is 108 Å². The Labute approximate surface area is 162 Å². The van der Waals surface area contributed by atoms with Gasteiger partial charge in [-0.15, -0.1) is 0 Å². The maximum absolute atomic E-state index is 12.4. The number of anilines is 1. The number of rotatable bonds is 7. The van der Waals surface area contributed by atoms with Crippen molar-refractivity contribution in [2.24, 2.45) is 0 Å². The lowest BCUT2D eigenvalue weighted by Gasteiger charge is -2.15. The lowest BCUT2D eigenvalue weighted by molar-refractivity contribution is -0.386. The number of carbonyl (C=O) groups excluding carboxylic acids is 2. The Balaban J connectivity index is 2.12. The molecule has 8 heteroatoms. The molecule has 1 N–H and O–H groups in total. The third-order valence-electron chi connectivity index (χ3n) is 4.09. The van der Waals surface area contributed by atoms with Crippen molar-refractivity contribution in [1.82, 2.24) is 0 Å². The minimum atomic E-state index is -0.993. The predicted molar refractivity (Wildman–Crippen MR) is 104 cm³/mol. The van der Waals surface area contributed by atoms with Gasteiger partial charge in [-0.1, -0.05) is 26.0 Å². The first-order chi connectivity index (χ1) is 13.2. The van der Waals surface area contributed by atoms with Crippen LogP contribution in [-0.2, 0) is 9.53 Å². The van der Waals surface area contributed by atoms with E-state index in [1.807, 2.05) is 12.1 Å². The van der Waals surface area contributed by atoms with Gasteiger partial charge in [0, 0.05) is 11.8 Å². The van der Waals surface area contributed by atoms with Crippen molar-refractivity contribution in [2.75, 3.05) is 12.4 Å². The third-order valence-corrected chi connectivity index (χ3v) is 4.09. The number of amides is 1. The number of benzene rings is 2. The Morgan fingerprint density at radius 1 is 1.07 bits per heavy atom. The van der Waals surface area contributed by atoms with E-state index in [1.165, 1.54) is 26.2 Å². The Kier molecular flexibility index (Phi) is 6.70. The number of nitrogens with one attached hydrogen (secondary N) is 1. The van der Waals surface area contributed by atoms with Crippen molar-refractivity contribution in [3.05, 3.63) is 63.7 Å². The van der Waals surface area contributed by atoms with E-state index in [1.54, 1.807) is 12.1 Å². The summed E-state index contributed by atoms with van der Waals surface area (Å²) in [5.74, 6) is -0.898. The van der Waals surface area contributed by atoms with E-state index in [0.29, 0.717) is 11.6 Å². The van der Waals surface area contributed by atoms with Crippen LogP contribution in [0.5, 0.6) is 5.75 Å². The van der Waals surface area contributed by atoms with Crippen molar-refractivity contribution >= 4 is 23.3 Å². The molecule has 148 valence electrons. The number of ether oxygens (including phenoxy) is 2. The molecule has 0 aliphatic heterocycles. The van der Waals surface area contributed by atoms with Gasteiger partial charge in [-0.25, -0.2) is 4.79 Å². The van der Waals surface area contributed by atoms with Crippen molar-refractivity contribution in [1.29, 1.82) is 0 Å². The van der Waals surface area contributed by atoms with Crippen LogP contribution in [0, 0.1) is 10.1 Å². The van der Waals surface area contributed by atoms with Crippen molar-refractivity contribution in [2.45, 2.75) is 32.8 Å². The normalized spacial score (nSPS) is 11.6. The molecule has 0 saturated carbocycles. The van der Waals surface area contributed by atoms with Crippen LogP contribution < -0.4 is 10.1 Å². The average molecular weight is 386 g/mol. The summed E-state index contributed by atoms with van der Waals surface area (Å²) in [5.41, 5.74) is 1.33. The highest BCUT2D eigenvalue weighted by Crippen LogP contribution is 2.29. The SMILES string of the molecule is COC(=O)c1ccc(O[C@H](C)C(=O)Nc2ccc(C(C)C)cc2)c([N+](=O)[O-])c1. The molecule has 1 amide bonds. The quantitative estimate of drug-likeness (QED) is 0.439. The Morgan fingerprint density at radius 3 is 2.25 bits per heavy atom. The molecule has 0 aliphatic carbocycles. The van der Waals surface area contributed by atoms with E-state index in [9.17, 15) is 19.7 Å². The summed E-state index contributed by atoms with van der Waals surface area (Å²) in [6, 6.07) is 11.1. The zero-order valence-corrected chi connectivity index (χ0v) is 16.1. The second-order valence-electron chi connectivity index (χ2n) is 6.46. The molecular formula is C20H22N2O6. The number of esters is 1. The molecule has 8 nitrogen and oxygen atoms in total. The number of nitrogens with zero attached hydrogens (tertiary/aromatic N) is 1. The first kappa shape index (κ1) is 20.9. The average Bonchev–Trinajstić information content (AvgIpc) is 2.67. The van der Waals surface area contributed by atoms with E-state index in [4.69, 9.17) is 4.74 Å². The van der Waals surface area contributed by atoms with Gasteiger partial charge in [0.25, 0.3) is 5.91 Å². The zero-order chi connectivity index (χ0) is 20.8. The van der Waals surface area contributed by atoms with Crippen molar-refractivity contribution < 1.29 is 24.0 Å². The highest BCUT2D eigenvalue weighted by atomic mass is 16.6. The van der Waals surface area contributed by atoms with Crippen molar-refractivity contribution in [3.63, 3.8) is 0 Å². The van der Waals surface area contributed by atoms with Gasteiger partial charge < -0.3 is 14.8 Å². The fourth-order valence-corrected chi connectivity index (χ4v) is 2.44. The largest absolute Gasteiger partial charge is 0.474 e. The maximum atomic E-state index is 12.4. The van der Waals surface area contributed by atoms with Crippen LogP contribution in [0.1, 0.15) is 42.6 Å². The van der Waals surface area contributed by atoms with Gasteiger partial charge in [-0.05, 0) is 42.7 Å². The highest BCUT2D eigenvalue weighted by molar-refractivity contribution is 5.94. The van der Waals surface area contributed by atoms with Gasteiger partial charge >= 0.3 is 11.7 Å². The summed E-state index contributed by atoms with van der Waals surface area (Å²) in [6.07, 6.45) is -0.993. The van der Waals surface area contributed by atoms with Gasteiger partial charge in [-0.2, -0.15) is 0 Å². The summed E-state index contributed by atoms with van der Waals surface area (Å²) in [6.45, 7) is 5.62. The van der Waals surface area contributed by atoms with Gasteiger partial charge in [0.2, 0.25) is 0 Å². The fraction of sp³-hybridized carbons (Fsp3) is 0.300. The van der Waals surface area contributed by atoms with E-state index in [0.717, 1.165) is 11.6 Å². The second kappa shape index (κ2) is 8.98. The lowest BCUT2D eigenvalue weighted by Crippen LogP contribution is -2.30. The molecule has 0 bridgehead atoms. The van der Waals surface area contributed by atoms with Gasteiger partial charge in [0.05, 0.1) is 17.6 Å². The summed E-state index contributed by atoms with van der Waals surface area (Å²) < 4.78 is 10.0. The van der Waals surface area contributed by atoms with Crippen molar-refractivity contribution in [3.8, 4) is 5.75 Å². The second-order valence-corrected chi connectivity index (χ2v) is 6.46. The number of hydrogen-bond donors (Lipinski definition) is 1. The van der Waals surface area contributed by atoms with Crippen LogP contribution in [0.15, 0.2) is 42.5 Å². The lowest BCUT2D eigenvalue weighted by atomic mass is 10.0. The monoisotopic (exact) mass is 386 g/mol. The third kappa shape index (κ3) is 5.06. The molecule has 0 radical (unpaired) electrons. The fourth-order valence-electron chi connectivity index (χ4n) is 2.44. The van der Waals surface area contributed by atoms with Crippen LogP contribution >= 0.6 is 0 Å². The maximum Gasteiger partial charge on any atom is 0.338 e. The van der Waals surface area contributed by atoms with E-state index >= 15 is 0 Å². The predicted octanol–water partition coefficient (Wildman–Crippen LogP) is 3.91. The summed E-state index contributed by atoms with van der Waals surface area (Å²) in [7, 11) is 1.18. The Morgan fingerprint density at radius 2 is 1.71 bits per heavy atom. The molecule has 2 aromatic carbocycles. The van der Waals surface area contributed by atoms with Crippen LogP contribution in [0.25, 0.3) is 0 Å². The molecular weight excluding hydrogens is 364 g/mol. The minimum Gasteiger partial charge on any atom is -0.474 e. The molecule has 2 aromatic rings. The molecule has 0 unspecified atom stereocenters. The minimum absolute atomic E-state index is 0.0175. The molecule has 2 rings (SSSR count). The first-order valence-corrected chi connectivity index (χ1v) is 8.67. The zero-order valence-electron chi connectivity index (χ0n) is 16.1. The van der Waals surface area contributed by atoms with Gasteiger partial charge in [-0.3, -0.25) is 14.9 Å². The number of carbonyl (C=O) groups is 2. The van der Waals surface area contributed by atoms with E-state index < -0.39 is 28.6 Å². The van der Waals surface area contributed by atoms with E-state index in [-0.39, 0.29) is 11.3 Å². The van der Waals surface area contributed by atoms with E-state index in [2.05, 4.69) is 23.9 Å². The van der Waals surface area contributed by atoms with Crippen LogP contribution in [-0.4, -0.2) is 30.0 Å². The molecule has 1 atom stereocenters. The number of methoxy groups -OCH3 is 1. The van der Waals surface area contributed by atoms with Crippen LogP contribution in [0.4, 0.5) is 11.4 Å². The number of nitro benzene ring substituents is 1. The molecule has 0 fully saturated rings. The summed E-state index contributed by atoms with van der Waals surface area (Å²) in [5, 5.41) is 14.0. The highest BCUT2D eigenvalue weighted by Gasteiger charge is 2.23. The molecule has 0 heterocycles. The van der Waals surface area contributed by atoms with Crippen LogP contribution in [0.2, 0.25) is 0 Å². The summed E-state index contributed by atoms with van der Waals surface area (Å²) >= 11 is 0. The molecule has 0 aliphatic rings. The Hall–Kier alpha value is -3.42. The first-order valence-electron chi connectivity index (χ1n) is 8.67. The summed E-state index contributed by atoms with van der Waals surface area (Å²) in [4.78, 5) is 34.5. The number of nitro groups is 1.